The number of aliphatic imine (C=N–C) groups is 1. The van der Waals surface area contributed by atoms with Gasteiger partial charge in [-0.25, -0.2) is 4.99 Å². The van der Waals surface area contributed by atoms with E-state index in [0.717, 1.165) is 66.1 Å². The molecule has 6 rings (SSSR count). The monoisotopic (exact) mass is 672 g/mol. The maximum Gasteiger partial charge on any atom is 0.220 e. The first-order valence-electron chi connectivity index (χ1n) is 15.8. The van der Waals surface area contributed by atoms with E-state index in [1.165, 1.54) is 5.56 Å². The summed E-state index contributed by atoms with van der Waals surface area (Å²) in [6.45, 7) is 3.21. The molecule has 0 spiro atoms. The van der Waals surface area contributed by atoms with Gasteiger partial charge in [-0.3, -0.25) is 9.69 Å². The van der Waals surface area contributed by atoms with Crippen LogP contribution < -0.4 is 15.0 Å². The lowest BCUT2D eigenvalue weighted by Gasteiger charge is -2.32. The zero-order valence-electron chi connectivity index (χ0n) is 25.7. The van der Waals surface area contributed by atoms with Gasteiger partial charge in [0.1, 0.15) is 5.75 Å². The highest BCUT2D eigenvalue weighted by atomic mass is 35.5. The Bertz CT molecular complexity index is 1610. The highest BCUT2D eigenvalue weighted by molar-refractivity contribution is 8.14. The summed E-state index contributed by atoms with van der Waals surface area (Å²) in [6, 6.07) is 35.1. The molecule has 238 valence electrons. The summed E-state index contributed by atoms with van der Waals surface area (Å²) in [7, 11) is 0. The summed E-state index contributed by atoms with van der Waals surface area (Å²) in [4.78, 5) is 22.3. The number of benzene rings is 4. The van der Waals surface area contributed by atoms with Crippen LogP contribution in [0.5, 0.6) is 5.75 Å². The molecule has 2 fully saturated rings. The van der Waals surface area contributed by atoms with Gasteiger partial charge in [0.25, 0.3) is 0 Å². The lowest BCUT2D eigenvalue weighted by Crippen LogP contribution is -2.44. The van der Waals surface area contributed by atoms with Crippen molar-refractivity contribution in [2.75, 3.05) is 30.3 Å². The molecule has 1 unspecified atom stereocenters. The first-order valence-corrected chi connectivity index (χ1v) is 17.6. The van der Waals surface area contributed by atoms with Crippen LogP contribution in [0.1, 0.15) is 42.9 Å². The molecule has 1 atom stereocenters. The third kappa shape index (κ3) is 8.65. The average Bonchev–Trinajstić information content (AvgIpc) is 3.50. The Morgan fingerprint density at radius 3 is 2.33 bits per heavy atom. The summed E-state index contributed by atoms with van der Waals surface area (Å²) in [5.74, 6) is 1.81. The molecule has 2 aliphatic rings. The highest BCUT2D eigenvalue weighted by Crippen LogP contribution is 2.40. The number of likely N-dealkylation sites (tertiary alicyclic amines) is 1. The number of hydrogen-bond donors (Lipinski definition) is 1. The number of thioether (sulfide) groups is 1. The van der Waals surface area contributed by atoms with Gasteiger partial charge >= 0.3 is 0 Å². The van der Waals surface area contributed by atoms with E-state index in [-0.39, 0.29) is 18.0 Å². The van der Waals surface area contributed by atoms with Crippen LogP contribution in [0.25, 0.3) is 0 Å². The maximum atomic E-state index is 12.6. The van der Waals surface area contributed by atoms with Gasteiger partial charge in [0.15, 0.2) is 5.17 Å². The molecule has 0 aromatic heterocycles. The van der Waals surface area contributed by atoms with Crippen molar-refractivity contribution in [2.24, 2.45) is 4.99 Å². The van der Waals surface area contributed by atoms with Crippen LogP contribution in [0.15, 0.2) is 108 Å². The number of ether oxygens (including phenoxy) is 1. The average molecular weight is 674 g/mol. The largest absolute Gasteiger partial charge is 0.494 e. The van der Waals surface area contributed by atoms with E-state index in [9.17, 15) is 4.79 Å². The van der Waals surface area contributed by atoms with Crippen molar-refractivity contribution in [1.29, 1.82) is 0 Å². The van der Waals surface area contributed by atoms with E-state index in [1.54, 1.807) is 11.8 Å². The van der Waals surface area contributed by atoms with E-state index in [2.05, 4.69) is 51.5 Å². The first-order chi connectivity index (χ1) is 22.5. The number of nitrogens with zero attached hydrogens (tertiary/aromatic N) is 3. The SMILES string of the molecule is O=C(CCCOc1ccc(C2CSC(=Nc3ccccc3)N2c2ccccc2)cc1)NC1CCN(Cc2ccc(Cl)c(Cl)c2)CC1. The van der Waals surface area contributed by atoms with Gasteiger partial charge in [0.05, 0.1) is 28.4 Å². The van der Waals surface area contributed by atoms with Gasteiger partial charge in [0, 0.05) is 43.5 Å². The molecule has 0 aliphatic carbocycles. The molecular formula is C37H38Cl2N4O2S. The second kappa shape index (κ2) is 15.9. The van der Waals surface area contributed by atoms with Crippen molar-refractivity contribution in [3.63, 3.8) is 0 Å². The van der Waals surface area contributed by atoms with Crippen LogP contribution in [0.4, 0.5) is 11.4 Å². The Kier molecular flexibility index (Phi) is 11.2. The number of para-hydroxylation sites is 2. The van der Waals surface area contributed by atoms with Crippen LogP contribution in [-0.4, -0.2) is 47.5 Å². The summed E-state index contributed by atoms with van der Waals surface area (Å²) in [6.07, 6.45) is 3.01. The first kappa shape index (κ1) is 32.5. The molecule has 6 nitrogen and oxygen atoms in total. The Balaban J connectivity index is 0.947. The Hall–Kier alpha value is -3.49. The predicted molar refractivity (Wildman–Crippen MR) is 192 cm³/mol. The maximum absolute atomic E-state index is 12.6. The van der Waals surface area contributed by atoms with Gasteiger partial charge < -0.3 is 15.0 Å². The molecule has 0 radical (unpaired) electrons. The zero-order valence-corrected chi connectivity index (χ0v) is 28.0. The third-order valence-electron chi connectivity index (χ3n) is 8.33. The van der Waals surface area contributed by atoms with Gasteiger partial charge in [0.2, 0.25) is 5.91 Å². The molecule has 46 heavy (non-hydrogen) atoms. The van der Waals surface area contributed by atoms with Crippen molar-refractivity contribution in [3.05, 3.63) is 124 Å². The molecule has 0 bridgehead atoms. The molecule has 2 aliphatic heterocycles. The van der Waals surface area contributed by atoms with Crippen molar-refractivity contribution >= 4 is 57.4 Å². The molecule has 0 saturated carbocycles. The quantitative estimate of drug-likeness (QED) is 0.161. The number of rotatable bonds is 11. The van der Waals surface area contributed by atoms with Crippen molar-refractivity contribution < 1.29 is 9.53 Å². The van der Waals surface area contributed by atoms with Crippen molar-refractivity contribution in [2.45, 2.75) is 44.3 Å². The highest BCUT2D eigenvalue weighted by Gasteiger charge is 2.32. The molecule has 1 amide bonds. The lowest BCUT2D eigenvalue weighted by molar-refractivity contribution is -0.122. The van der Waals surface area contributed by atoms with Gasteiger partial charge in [-0.2, -0.15) is 0 Å². The summed E-state index contributed by atoms with van der Waals surface area (Å²) in [5.41, 5.74) is 4.44. The van der Waals surface area contributed by atoms with E-state index < -0.39 is 0 Å². The normalized spacial score (nSPS) is 18.2. The minimum absolute atomic E-state index is 0.0922. The number of halogens is 2. The fraction of sp³-hybridized carbons (Fsp3) is 0.297. The number of carbonyl (C=O) groups is 1. The minimum Gasteiger partial charge on any atom is -0.494 e. The number of piperidine rings is 1. The number of amidine groups is 1. The lowest BCUT2D eigenvalue weighted by atomic mass is 10.0. The van der Waals surface area contributed by atoms with Gasteiger partial charge in [-0.1, -0.05) is 89.6 Å². The van der Waals surface area contributed by atoms with Crippen LogP contribution in [0.3, 0.4) is 0 Å². The molecule has 2 saturated heterocycles. The van der Waals surface area contributed by atoms with Crippen LogP contribution in [-0.2, 0) is 11.3 Å². The fourth-order valence-corrected chi connectivity index (χ4v) is 7.41. The fourth-order valence-electron chi connectivity index (χ4n) is 5.89. The predicted octanol–water partition coefficient (Wildman–Crippen LogP) is 8.92. The van der Waals surface area contributed by atoms with E-state index in [1.807, 2.05) is 66.7 Å². The Morgan fingerprint density at radius 2 is 1.61 bits per heavy atom. The molecular weight excluding hydrogens is 635 g/mol. The Morgan fingerprint density at radius 1 is 0.891 bits per heavy atom. The zero-order chi connectivity index (χ0) is 31.7. The summed E-state index contributed by atoms with van der Waals surface area (Å²) >= 11 is 14.0. The second-order valence-electron chi connectivity index (χ2n) is 11.6. The number of hydrogen-bond acceptors (Lipinski definition) is 5. The minimum atomic E-state index is 0.0922. The smallest absolute Gasteiger partial charge is 0.220 e. The van der Waals surface area contributed by atoms with Crippen LogP contribution in [0.2, 0.25) is 10.0 Å². The van der Waals surface area contributed by atoms with Crippen LogP contribution in [0, 0.1) is 0 Å². The molecule has 2 heterocycles. The molecule has 1 N–H and O–H groups in total. The number of carbonyl (C=O) groups excluding carboxylic acids is 1. The molecule has 4 aromatic rings. The molecule has 9 heteroatoms. The summed E-state index contributed by atoms with van der Waals surface area (Å²) < 4.78 is 6.02. The van der Waals surface area contributed by atoms with Crippen LogP contribution >= 0.6 is 35.0 Å². The second-order valence-corrected chi connectivity index (χ2v) is 13.5. The van der Waals surface area contributed by atoms with Gasteiger partial charge in [-0.05, 0) is 78.9 Å². The van der Waals surface area contributed by atoms with Crippen molar-refractivity contribution in [3.8, 4) is 5.75 Å². The summed E-state index contributed by atoms with van der Waals surface area (Å²) in [5, 5.41) is 5.38. The van der Waals surface area contributed by atoms with Gasteiger partial charge in [-0.15, -0.1) is 0 Å². The van der Waals surface area contributed by atoms with E-state index in [4.69, 9.17) is 32.9 Å². The third-order valence-corrected chi connectivity index (χ3v) is 10.1. The topological polar surface area (TPSA) is 57.2 Å². The Labute approximate surface area is 285 Å². The molecule has 4 aromatic carbocycles. The number of anilines is 1. The van der Waals surface area contributed by atoms with E-state index >= 15 is 0 Å². The standard InChI is InChI=1S/C37H38Cl2N4O2S/c38-33-18-13-27(24-34(33)39)25-42-21-19-30(20-22-42)40-36(44)12-7-23-45-32-16-14-28(15-17-32)35-26-46-37(41-29-8-3-1-4-9-29)43(35)31-10-5-2-6-11-31/h1-6,8-11,13-18,24,30,35H,7,12,19-23,25-26H2,(H,40,44). The number of nitrogens with one attached hydrogen (secondary N) is 1. The number of amides is 1. The van der Waals surface area contributed by atoms with E-state index in [0.29, 0.717) is 29.5 Å². The van der Waals surface area contributed by atoms with Crippen molar-refractivity contribution in [1.82, 2.24) is 10.2 Å².